The number of carbonyl (C=O) groups excluding carboxylic acids is 1. The number of nitrogens with zero attached hydrogens (tertiary/aromatic N) is 1. The smallest absolute Gasteiger partial charge is 0.306 e. The summed E-state index contributed by atoms with van der Waals surface area (Å²) in [6.07, 6.45) is 1.57. The number of hydrogen-bond donors (Lipinski definition) is 2. The minimum atomic E-state index is -0.717. The van der Waals surface area contributed by atoms with E-state index in [9.17, 15) is 9.59 Å². The molecular weight excluding hydrogens is 184 g/mol. The van der Waals surface area contributed by atoms with Crippen LogP contribution in [0.25, 0.3) is 0 Å². The van der Waals surface area contributed by atoms with Gasteiger partial charge in [-0.2, -0.15) is 0 Å². The lowest BCUT2D eigenvalue weighted by Crippen LogP contribution is -2.55. The highest BCUT2D eigenvalue weighted by Gasteiger charge is 2.46. The zero-order valence-corrected chi connectivity index (χ0v) is 7.85. The molecule has 1 amide bonds. The lowest BCUT2D eigenvalue weighted by Gasteiger charge is -2.38. The fourth-order valence-corrected chi connectivity index (χ4v) is 2.03. The molecule has 5 heteroatoms. The van der Waals surface area contributed by atoms with Crippen molar-refractivity contribution in [3.05, 3.63) is 0 Å². The molecule has 5 nitrogen and oxygen atoms in total. The Kier molecular flexibility index (Phi) is 2.19. The first-order chi connectivity index (χ1) is 6.59. The predicted molar refractivity (Wildman–Crippen MR) is 48.4 cm³/mol. The molecule has 1 aliphatic heterocycles. The van der Waals surface area contributed by atoms with Gasteiger partial charge in [0.1, 0.15) is 0 Å². The first kappa shape index (κ1) is 9.45. The molecule has 0 radical (unpaired) electrons. The molecule has 1 saturated heterocycles. The van der Waals surface area contributed by atoms with Crippen molar-refractivity contribution in [3.8, 4) is 0 Å². The van der Waals surface area contributed by atoms with E-state index in [1.54, 1.807) is 0 Å². The number of carboxylic acid groups (broad SMARTS) is 1. The van der Waals surface area contributed by atoms with Crippen molar-refractivity contribution in [2.24, 2.45) is 17.6 Å². The molecule has 2 aliphatic rings. The standard InChI is InChI=1S/C9H14N2O3/c10-8(12)7-1-2-11(7)4-5-3-6(5)9(13)14/h5-7H,1-4H2,(H2,10,12)(H,13,14). The maximum absolute atomic E-state index is 10.9. The number of amides is 1. The summed E-state index contributed by atoms with van der Waals surface area (Å²) in [5.41, 5.74) is 5.18. The van der Waals surface area contributed by atoms with E-state index in [1.807, 2.05) is 4.90 Å². The van der Waals surface area contributed by atoms with Crippen molar-refractivity contribution in [2.75, 3.05) is 13.1 Å². The predicted octanol–water partition coefficient (Wildman–Crippen LogP) is -0.733. The molecule has 1 aliphatic carbocycles. The van der Waals surface area contributed by atoms with Crippen molar-refractivity contribution in [1.82, 2.24) is 4.90 Å². The van der Waals surface area contributed by atoms with Crippen molar-refractivity contribution >= 4 is 11.9 Å². The molecule has 1 heterocycles. The second kappa shape index (κ2) is 3.24. The summed E-state index contributed by atoms with van der Waals surface area (Å²) in [4.78, 5) is 23.4. The third kappa shape index (κ3) is 1.59. The Bertz CT molecular complexity index is 279. The largest absolute Gasteiger partial charge is 0.481 e. The topological polar surface area (TPSA) is 83.6 Å². The number of primary amides is 1. The summed E-state index contributed by atoms with van der Waals surface area (Å²) in [5, 5.41) is 8.69. The van der Waals surface area contributed by atoms with Gasteiger partial charge in [-0.15, -0.1) is 0 Å². The van der Waals surface area contributed by atoms with E-state index in [1.165, 1.54) is 0 Å². The Morgan fingerprint density at radius 1 is 1.50 bits per heavy atom. The average molecular weight is 198 g/mol. The molecule has 0 aromatic rings. The number of carboxylic acids is 1. The Balaban J connectivity index is 1.78. The molecule has 1 saturated carbocycles. The number of carbonyl (C=O) groups is 2. The zero-order chi connectivity index (χ0) is 10.3. The van der Waals surface area contributed by atoms with E-state index in [2.05, 4.69) is 0 Å². The Labute approximate surface area is 81.9 Å². The van der Waals surface area contributed by atoms with Gasteiger partial charge >= 0.3 is 5.97 Å². The summed E-state index contributed by atoms with van der Waals surface area (Å²) in [7, 11) is 0. The quantitative estimate of drug-likeness (QED) is 0.623. The van der Waals surface area contributed by atoms with E-state index < -0.39 is 5.97 Å². The molecule has 14 heavy (non-hydrogen) atoms. The van der Waals surface area contributed by atoms with E-state index in [4.69, 9.17) is 10.8 Å². The van der Waals surface area contributed by atoms with Gasteiger partial charge < -0.3 is 10.8 Å². The SMILES string of the molecule is NC(=O)C1CCN1CC1CC1C(=O)O. The van der Waals surface area contributed by atoms with Crippen LogP contribution < -0.4 is 5.73 Å². The number of likely N-dealkylation sites (tertiary alicyclic amines) is 1. The van der Waals surface area contributed by atoms with Gasteiger partial charge in [0.05, 0.1) is 12.0 Å². The second-order valence-corrected chi connectivity index (χ2v) is 4.14. The molecule has 78 valence electrons. The highest BCUT2D eigenvalue weighted by molar-refractivity contribution is 5.80. The number of hydrogen-bond acceptors (Lipinski definition) is 3. The van der Waals surface area contributed by atoms with Crippen LogP contribution in [0.15, 0.2) is 0 Å². The lowest BCUT2D eigenvalue weighted by atomic mass is 10.0. The van der Waals surface area contributed by atoms with Crippen LogP contribution in [0.2, 0.25) is 0 Å². The van der Waals surface area contributed by atoms with E-state index >= 15 is 0 Å². The van der Waals surface area contributed by atoms with Crippen molar-refractivity contribution in [3.63, 3.8) is 0 Å². The van der Waals surface area contributed by atoms with Gasteiger partial charge in [-0.1, -0.05) is 0 Å². The van der Waals surface area contributed by atoms with Crippen LogP contribution in [0.4, 0.5) is 0 Å². The first-order valence-corrected chi connectivity index (χ1v) is 4.85. The minimum absolute atomic E-state index is 0.148. The summed E-state index contributed by atoms with van der Waals surface area (Å²) < 4.78 is 0. The van der Waals surface area contributed by atoms with Crippen LogP contribution in [0, 0.1) is 11.8 Å². The highest BCUT2D eigenvalue weighted by Crippen LogP contribution is 2.40. The fourth-order valence-electron chi connectivity index (χ4n) is 2.03. The maximum Gasteiger partial charge on any atom is 0.306 e. The van der Waals surface area contributed by atoms with Gasteiger partial charge in [0, 0.05) is 13.1 Å². The second-order valence-electron chi connectivity index (χ2n) is 4.14. The van der Waals surface area contributed by atoms with Gasteiger partial charge in [0.25, 0.3) is 0 Å². The molecular formula is C9H14N2O3. The first-order valence-electron chi connectivity index (χ1n) is 4.85. The van der Waals surface area contributed by atoms with Crippen LogP contribution in [-0.4, -0.2) is 41.0 Å². The van der Waals surface area contributed by atoms with E-state index in [0.29, 0.717) is 6.54 Å². The number of rotatable bonds is 4. The third-order valence-electron chi connectivity index (χ3n) is 3.17. The molecule has 3 atom stereocenters. The molecule has 3 unspecified atom stereocenters. The lowest BCUT2D eigenvalue weighted by molar-refractivity contribution is -0.139. The minimum Gasteiger partial charge on any atom is -0.481 e. The Morgan fingerprint density at radius 2 is 2.21 bits per heavy atom. The van der Waals surface area contributed by atoms with Gasteiger partial charge in [-0.25, -0.2) is 0 Å². The monoisotopic (exact) mass is 198 g/mol. The van der Waals surface area contributed by atoms with Gasteiger partial charge in [-0.3, -0.25) is 14.5 Å². The van der Waals surface area contributed by atoms with E-state index in [-0.39, 0.29) is 23.8 Å². The Morgan fingerprint density at radius 3 is 2.57 bits per heavy atom. The van der Waals surface area contributed by atoms with E-state index in [0.717, 1.165) is 19.4 Å². The molecule has 0 bridgehead atoms. The van der Waals surface area contributed by atoms with Gasteiger partial charge in [-0.05, 0) is 18.8 Å². The molecule has 0 aromatic carbocycles. The van der Waals surface area contributed by atoms with Crippen molar-refractivity contribution in [1.29, 1.82) is 0 Å². The average Bonchev–Trinajstić information content (AvgIpc) is 2.75. The summed E-state index contributed by atoms with van der Waals surface area (Å²) in [5.74, 6) is -0.964. The van der Waals surface area contributed by atoms with Crippen LogP contribution in [0.5, 0.6) is 0 Å². The fraction of sp³-hybridized carbons (Fsp3) is 0.778. The van der Waals surface area contributed by atoms with Crippen LogP contribution in [0.3, 0.4) is 0 Å². The van der Waals surface area contributed by atoms with Crippen LogP contribution >= 0.6 is 0 Å². The molecule has 2 fully saturated rings. The summed E-state index contributed by atoms with van der Waals surface area (Å²) >= 11 is 0. The van der Waals surface area contributed by atoms with Crippen LogP contribution in [0.1, 0.15) is 12.8 Å². The van der Waals surface area contributed by atoms with Gasteiger partial charge in [0.15, 0.2) is 0 Å². The highest BCUT2D eigenvalue weighted by atomic mass is 16.4. The number of aliphatic carboxylic acids is 1. The van der Waals surface area contributed by atoms with Gasteiger partial charge in [0.2, 0.25) is 5.91 Å². The summed E-state index contributed by atoms with van der Waals surface area (Å²) in [6, 6.07) is -0.148. The zero-order valence-electron chi connectivity index (χ0n) is 7.85. The molecule has 3 N–H and O–H groups in total. The maximum atomic E-state index is 10.9. The molecule has 0 aromatic heterocycles. The van der Waals surface area contributed by atoms with Crippen molar-refractivity contribution in [2.45, 2.75) is 18.9 Å². The summed E-state index contributed by atoms with van der Waals surface area (Å²) in [6.45, 7) is 1.58. The molecule has 2 rings (SSSR count). The Hall–Kier alpha value is -1.10. The normalized spacial score (nSPS) is 36.1. The van der Waals surface area contributed by atoms with Crippen molar-refractivity contribution < 1.29 is 14.7 Å². The number of nitrogens with two attached hydrogens (primary N) is 1. The third-order valence-corrected chi connectivity index (χ3v) is 3.17. The molecule has 0 spiro atoms. The van der Waals surface area contributed by atoms with Crippen LogP contribution in [-0.2, 0) is 9.59 Å².